The number of amides is 1. The van der Waals surface area contributed by atoms with Crippen molar-refractivity contribution in [2.24, 2.45) is 5.92 Å². The average molecular weight is 313 g/mol. The van der Waals surface area contributed by atoms with Crippen molar-refractivity contribution in [1.82, 2.24) is 4.90 Å². The highest BCUT2D eigenvalue weighted by molar-refractivity contribution is 5.95. The fourth-order valence-electron chi connectivity index (χ4n) is 3.65. The summed E-state index contributed by atoms with van der Waals surface area (Å²) in [6.07, 6.45) is 4.77. The number of carbonyl (C=O) groups excluding carboxylic acids is 2. The summed E-state index contributed by atoms with van der Waals surface area (Å²) >= 11 is 0. The number of hydrogen-bond donors (Lipinski definition) is 1. The number of nitrogens with one attached hydrogen (secondary N) is 1. The van der Waals surface area contributed by atoms with Crippen molar-refractivity contribution in [3.63, 3.8) is 0 Å². The monoisotopic (exact) mass is 313 g/mol. The molecule has 1 heterocycles. The molecule has 0 fully saturated rings. The normalized spacial score (nSPS) is 24.5. The van der Waals surface area contributed by atoms with Crippen molar-refractivity contribution in [1.29, 1.82) is 0 Å². The van der Waals surface area contributed by atoms with Crippen LogP contribution in [0.2, 0.25) is 0 Å². The minimum atomic E-state index is -1.07. The van der Waals surface area contributed by atoms with Crippen molar-refractivity contribution in [2.75, 3.05) is 18.4 Å². The third-order valence-corrected chi connectivity index (χ3v) is 4.91. The summed E-state index contributed by atoms with van der Waals surface area (Å²) in [6, 6.07) is 4.79. The van der Waals surface area contributed by atoms with Crippen molar-refractivity contribution >= 4 is 17.6 Å². The van der Waals surface area contributed by atoms with Crippen molar-refractivity contribution < 1.29 is 14.7 Å². The lowest BCUT2D eigenvalue weighted by Gasteiger charge is -2.37. The first kappa shape index (κ1) is 15.6. The van der Waals surface area contributed by atoms with Gasteiger partial charge >= 0.3 is 0 Å². The van der Waals surface area contributed by atoms with E-state index in [9.17, 15) is 14.7 Å². The molecule has 5 heteroatoms. The highest BCUT2D eigenvalue weighted by atomic mass is 16.4. The third kappa shape index (κ3) is 2.60. The van der Waals surface area contributed by atoms with E-state index in [0.29, 0.717) is 25.1 Å². The number of nitrogens with zero attached hydrogens (tertiary/aromatic N) is 1. The maximum atomic E-state index is 12.5. The van der Waals surface area contributed by atoms with Crippen LogP contribution in [0.25, 0.3) is 0 Å². The molecule has 122 valence electrons. The van der Waals surface area contributed by atoms with Crippen LogP contribution >= 0.6 is 0 Å². The van der Waals surface area contributed by atoms with Crippen molar-refractivity contribution in [3.8, 4) is 0 Å². The number of carboxylic acids is 1. The van der Waals surface area contributed by atoms with E-state index in [2.05, 4.69) is 5.32 Å². The topological polar surface area (TPSA) is 72.5 Å². The Balaban J connectivity index is 1.97. The molecule has 5 nitrogen and oxygen atoms in total. The van der Waals surface area contributed by atoms with Crippen LogP contribution in [-0.4, -0.2) is 35.9 Å². The first-order valence-corrected chi connectivity index (χ1v) is 8.14. The van der Waals surface area contributed by atoms with Gasteiger partial charge in [-0.25, -0.2) is 0 Å². The quantitative estimate of drug-likeness (QED) is 0.852. The SMILES string of the molecule is CCN(CC)C(=O)c1ccc2c(c1)[C@@H]1C=CC[C@@H]1[C@H](C(=O)[O-])N2. The minimum absolute atomic E-state index is 0.0124. The van der Waals surface area contributed by atoms with E-state index in [4.69, 9.17) is 0 Å². The fourth-order valence-corrected chi connectivity index (χ4v) is 3.65. The molecule has 23 heavy (non-hydrogen) atoms. The highest BCUT2D eigenvalue weighted by Crippen LogP contribution is 2.44. The number of benzene rings is 1. The Bertz CT molecular complexity index is 664. The number of hydrogen-bond acceptors (Lipinski definition) is 4. The fraction of sp³-hybridized carbons (Fsp3) is 0.444. The molecule has 1 N–H and O–H groups in total. The molecule has 0 bridgehead atoms. The highest BCUT2D eigenvalue weighted by Gasteiger charge is 2.38. The second-order valence-electron chi connectivity index (χ2n) is 6.07. The Morgan fingerprint density at radius 1 is 1.30 bits per heavy atom. The molecule has 0 spiro atoms. The van der Waals surface area contributed by atoms with E-state index in [1.54, 1.807) is 11.0 Å². The summed E-state index contributed by atoms with van der Waals surface area (Å²) in [5.41, 5.74) is 2.43. The van der Waals surface area contributed by atoms with Crippen molar-refractivity contribution in [3.05, 3.63) is 41.5 Å². The van der Waals surface area contributed by atoms with Gasteiger partial charge in [-0.3, -0.25) is 4.79 Å². The van der Waals surface area contributed by atoms with Crippen LogP contribution in [0.3, 0.4) is 0 Å². The van der Waals surface area contributed by atoms with E-state index in [-0.39, 0.29) is 17.7 Å². The molecule has 0 saturated carbocycles. The number of carbonyl (C=O) groups is 2. The summed E-state index contributed by atoms with van der Waals surface area (Å²) in [7, 11) is 0. The zero-order valence-electron chi connectivity index (χ0n) is 13.4. The summed E-state index contributed by atoms with van der Waals surface area (Å²) in [5.74, 6) is -1.08. The molecule has 0 radical (unpaired) electrons. The Kier molecular flexibility index (Phi) is 4.11. The van der Waals surface area contributed by atoms with E-state index in [0.717, 1.165) is 11.3 Å². The van der Waals surface area contributed by atoms with Gasteiger partial charge in [-0.05, 0) is 49.9 Å². The lowest BCUT2D eigenvalue weighted by Crippen LogP contribution is -2.48. The minimum Gasteiger partial charge on any atom is -0.548 e. The van der Waals surface area contributed by atoms with Gasteiger partial charge in [0.2, 0.25) is 0 Å². The molecule has 1 amide bonds. The molecule has 1 aliphatic carbocycles. The molecule has 3 atom stereocenters. The van der Waals surface area contributed by atoms with E-state index >= 15 is 0 Å². The van der Waals surface area contributed by atoms with Crippen LogP contribution in [0, 0.1) is 5.92 Å². The number of anilines is 1. The second-order valence-corrected chi connectivity index (χ2v) is 6.07. The maximum Gasteiger partial charge on any atom is 0.253 e. The molecule has 0 aromatic heterocycles. The van der Waals surface area contributed by atoms with Gasteiger partial charge in [-0.2, -0.15) is 0 Å². The largest absolute Gasteiger partial charge is 0.548 e. The van der Waals surface area contributed by atoms with Gasteiger partial charge in [0.05, 0.1) is 12.0 Å². The van der Waals surface area contributed by atoms with E-state index in [1.807, 2.05) is 38.1 Å². The average Bonchev–Trinajstić information content (AvgIpc) is 3.04. The Hall–Kier alpha value is -2.30. The summed E-state index contributed by atoms with van der Waals surface area (Å²) in [5, 5.41) is 14.5. The van der Waals surface area contributed by atoms with Gasteiger partial charge in [0.15, 0.2) is 0 Å². The molecular weight excluding hydrogens is 292 g/mol. The predicted octanol–water partition coefficient (Wildman–Crippen LogP) is 1.37. The van der Waals surface area contributed by atoms with Gasteiger partial charge in [0.25, 0.3) is 5.91 Å². The molecule has 3 rings (SSSR count). The Morgan fingerprint density at radius 2 is 2.04 bits per heavy atom. The van der Waals surface area contributed by atoms with Crippen LogP contribution in [0.15, 0.2) is 30.4 Å². The standard InChI is InChI=1S/C18H22N2O3/c1-3-20(4-2)17(21)11-8-9-15-14(10-11)12-6-5-7-13(12)16(19-15)18(22)23/h5-6,8-10,12-13,16,19H,3-4,7H2,1-2H3,(H,22,23)/p-1/t12-,13+,16-/m1/s1. The zero-order valence-corrected chi connectivity index (χ0v) is 13.4. The molecule has 2 aliphatic rings. The molecular formula is C18H21N2O3-. The maximum absolute atomic E-state index is 12.5. The van der Waals surface area contributed by atoms with Gasteiger partial charge in [0.1, 0.15) is 0 Å². The van der Waals surface area contributed by atoms with E-state index in [1.165, 1.54) is 0 Å². The second kappa shape index (κ2) is 6.07. The number of carboxylic acid groups (broad SMARTS) is 1. The number of fused-ring (bicyclic) bond motifs is 3. The lowest BCUT2D eigenvalue weighted by molar-refractivity contribution is -0.308. The number of allylic oxidation sites excluding steroid dienone is 2. The molecule has 1 aromatic rings. The van der Waals surface area contributed by atoms with Gasteiger partial charge in [-0.15, -0.1) is 0 Å². The summed E-state index contributed by atoms with van der Waals surface area (Å²) < 4.78 is 0. The third-order valence-electron chi connectivity index (χ3n) is 4.91. The van der Waals surface area contributed by atoms with Crippen LogP contribution in [0.4, 0.5) is 5.69 Å². The lowest BCUT2D eigenvalue weighted by atomic mass is 9.79. The Labute approximate surface area is 136 Å². The Morgan fingerprint density at radius 3 is 2.70 bits per heavy atom. The molecule has 1 aliphatic heterocycles. The van der Waals surface area contributed by atoms with Crippen LogP contribution < -0.4 is 10.4 Å². The molecule has 1 aromatic carbocycles. The summed E-state index contributed by atoms with van der Waals surface area (Å²) in [4.78, 5) is 25.7. The van der Waals surface area contributed by atoms with Gasteiger partial charge in [-0.1, -0.05) is 12.2 Å². The predicted molar refractivity (Wildman–Crippen MR) is 86.1 cm³/mol. The van der Waals surface area contributed by atoms with Gasteiger partial charge < -0.3 is 20.1 Å². The van der Waals surface area contributed by atoms with Crippen LogP contribution in [0.1, 0.15) is 42.1 Å². The number of aliphatic carboxylic acids is 1. The van der Waals surface area contributed by atoms with Crippen LogP contribution in [0.5, 0.6) is 0 Å². The molecule has 0 saturated heterocycles. The molecule has 0 unspecified atom stereocenters. The van der Waals surface area contributed by atoms with Crippen molar-refractivity contribution in [2.45, 2.75) is 32.2 Å². The zero-order chi connectivity index (χ0) is 16.6. The number of rotatable bonds is 4. The van der Waals surface area contributed by atoms with E-state index < -0.39 is 12.0 Å². The summed E-state index contributed by atoms with van der Waals surface area (Å²) in [6.45, 7) is 5.26. The first-order chi connectivity index (χ1) is 11.1. The van der Waals surface area contributed by atoms with Crippen LogP contribution in [-0.2, 0) is 4.79 Å². The first-order valence-electron chi connectivity index (χ1n) is 8.14. The smallest absolute Gasteiger partial charge is 0.253 e. The van der Waals surface area contributed by atoms with Gasteiger partial charge in [0, 0.05) is 30.3 Å².